The molecule has 0 aromatic heterocycles. The molecular weight excluding hydrogens is 200 g/mol. The van der Waals surface area contributed by atoms with Gasteiger partial charge in [-0.2, -0.15) is 0 Å². The Kier molecular flexibility index (Phi) is 0.616. The Morgan fingerprint density at radius 3 is 2.56 bits per heavy atom. The predicted octanol–water partition coefficient (Wildman–Crippen LogP) is 0.758. The van der Waals surface area contributed by atoms with E-state index in [1.54, 1.807) is 0 Å². The van der Waals surface area contributed by atoms with Gasteiger partial charge in [-0.3, -0.25) is 9.59 Å². The fourth-order valence-electron chi connectivity index (χ4n) is 8.75. The molecule has 0 aromatic carbocycles. The normalized spacial score (nSPS) is 85.8. The second kappa shape index (κ2) is 1.42. The summed E-state index contributed by atoms with van der Waals surface area (Å²) in [6.45, 7) is 0. The lowest BCUT2D eigenvalue weighted by molar-refractivity contribution is -0.152. The standard InChI is InChI=1S/C14H12O2/c15-12-4-2-1-14-10-3(2)8(12)5-6(4)11(14)7(5)9(10)13(14)16/h2-11H,1H2. The van der Waals surface area contributed by atoms with E-state index in [9.17, 15) is 9.59 Å². The third-order valence-electron chi connectivity index (χ3n) is 8.32. The quantitative estimate of drug-likeness (QED) is 0.555. The molecule has 11 unspecified atom stereocenters. The van der Waals surface area contributed by atoms with Crippen LogP contribution in [0.15, 0.2) is 0 Å². The van der Waals surface area contributed by atoms with Gasteiger partial charge in [0.15, 0.2) is 0 Å². The minimum atomic E-state index is 0.164. The molecule has 6 aliphatic rings. The van der Waals surface area contributed by atoms with Crippen molar-refractivity contribution in [2.24, 2.45) is 64.6 Å². The number of carbonyl (C=O) groups is 2. The van der Waals surface area contributed by atoms with Crippen LogP contribution in [-0.2, 0) is 9.59 Å². The topological polar surface area (TPSA) is 34.1 Å². The van der Waals surface area contributed by atoms with Crippen molar-refractivity contribution in [2.45, 2.75) is 6.42 Å². The largest absolute Gasteiger partial charge is 0.299 e. The van der Waals surface area contributed by atoms with Crippen molar-refractivity contribution < 1.29 is 9.59 Å². The Morgan fingerprint density at radius 2 is 1.69 bits per heavy atom. The Labute approximate surface area is 92.8 Å². The average molecular weight is 212 g/mol. The summed E-state index contributed by atoms with van der Waals surface area (Å²) in [5.74, 6) is 7.44. The highest BCUT2D eigenvalue weighted by Crippen LogP contribution is 2.95. The zero-order chi connectivity index (χ0) is 10.1. The van der Waals surface area contributed by atoms with Crippen LogP contribution in [0, 0.1) is 64.6 Å². The maximum Gasteiger partial charge on any atom is 0.143 e. The van der Waals surface area contributed by atoms with Gasteiger partial charge in [0.25, 0.3) is 0 Å². The molecule has 6 fully saturated rings. The highest BCUT2D eigenvalue weighted by Gasteiger charge is 2.97. The summed E-state index contributed by atoms with van der Waals surface area (Å²) >= 11 is 0. The van der Waals surface area contributed by atoms with E-state index >= 15 is 0 Å². The maximum absolute atomic E-state index is 12.3. The molecular formula is C14H12O2. The molecule has 0 heterocycles. The summed E-state index contributed by atoms with van der Waals surface area (Å²) in [4.78, 5) is 24.7. The molecule has 0 saturated heterocycles. The molecule has 0 amide bonds. The first-order valence-corrected chi connectivity index (χ1v) is 6.86. The van der Waals surface area contributed by atoms with Crippen LogP contribution in [0.1, 0.15) is 6.42 Å². The summed E-state index contributed by atoms with van der Waals surface area (Å²) in [6.07, 6.45) is 1.13. The van der Waals surface area contributed by atoms with Crippen LogP contribution in [0.2, 0.25) is 0 Å². The van der Waals surface area contributed by atoms with Gasteiger partial charge in [0, 0.05) is 23.2 Å². The molecule has 0 aliphatic heterocycles. The second-order valence-corrected chi connectivity index (χ2v) is 7.61. The summed E-state index contributed by atoms with van der Waals surface area (Å²) < 4.78 is 0. The summed E-state index contributed by atoms with van der Waals surface area (Å²) in [5, 5.41) is 0. The van der Waals surface area contributed by atoms with Crippen molar-refractivity contribution in [1.29, 1.82) is 0 Å². The van der Waals surface area contributed by atoms with Crippen LogP contribution in [0.5, 0.6) is 0 Å². The van der Waals surface area contributed by atoms with E-state index in [1.807, 2.05) is 0 Å². The smallest absolute Gasteiger partial charge is 0.143 e. The van der Waals surface area contributed by atoms with Crippen LogP contribution in [0.4, 0.5) is 0 Å². The van der Waals surface area contributed by atoms with Gasteiger partial charge in [0.05, 0.1) is 0 Å². The third-order valence-corrected chi connectivity index (χ3v) is 8.32. The molecule has 80 valence electrons. The van der Waals surface area contributed by atoms with E-state index < -0.39 is 0 Å². The number of fused-ring (bicyclic) bond motifs is 12. The molecule has 4 bridgehead atoms. The first kappa shape index (κ1) is 6.93. The number of hydrogen-bond donors (Lipinski definition) is 0. The molecule has 6 saturated carbocycles. The highest BCUT2D eigenvalue weighted by atomic mass is 16.1. The molecule has 0 N–H and O–H groups in total. The number of rotatable bonds is 0. The number of hydrogen-bond acceptors (Lipinski definition) is 2. The lowest BCUT2D eigenvalue weighted by atomic mass is 9.45. The molecule has 2 nitrogen and oxygen atoms in total. The van der Waals surface area contributed by atoms with Gasteiger partial charge in [-0.25, -0.2) is 0 Å². The minimum absolute atomic E-state index is 0.164. The van der Waals surface area contributed by atoms with Crippen molar-refractivity contribution in [2.75, 3.05) is 0 Å². The first-order valence-electron chi connectivity index (χ1n) is 6.86. The van der Waals surface area contributed by atoms with E-state index in [4.69, 9.17) is 0 Å². The number of carbonyl (C=O) groups excluding carboxylic acids is 2. The van der Waals surface area contributed by atoms with Gasteiger partial charge in [0.2, 0.25) is 0 Å². The van der Waals surface area contributed by atoms with Crippen molar-refractivity contribution in [3.63, 3.8) is 0 Å². The Morgan fingerprint density at radius 1 is 0.875 bits per heavy atom. The Balaban J connectivity index is 1.69. The van der Waals surface area contributed by atoms with Gasteiger partial charge >= 0.3 is 0 Å². The predicted molar refractivity (Wildman–Crippen MR) is 52.0 cm³/mol. The van der Waals surface area contributed by atoms with Gasteiger partial charge in [-0.05, 0) is 47.8 Å². The molecule has 6 rings (SSSR count). The fourth-order valence-corrected chi connectivity index (χ4v) is 8.75. The second-order valence-electron chi connectivity index (χ2n) is 7.61. The lowest BCUT2D eigenvalue weighted by Gasteiger charge is -2.57. The van der Waals surface area contributed by atoms with Crippen LogP contribution >= 0.6 is 0 Å². The molecule has 0 aromatic rings. The number of Topliss-reactive ketones (excluding diaryl/α,β-unsaturated/α-hetero) is 2. The van der Waals surface area contributed by atoms with E-state index in [0.29, 0.717) is 70.7 Å². The average Bonchev–Trinajstić information content (AvgIpc) is 2.87. The van der Waals surface area contributed by atoms with Crippen LogP contribution < -0.4 is 0 Å². The van der Waals surface area contributed by atoms with Crippen molar-refractivity contribution in [1.82, 2.24) is 0 Å². The summed E-state index contributed by atoms with van der Waals surface area (Å²) in [5.41, 5.74) is 0.164. The third kappa shape index (κ3) is 0.300. The van der Waals surface area contributed by atoms with Gasteiger partial charge in [-0.1, -0.05) is 0 Å². The zero-order valence-electron chi connectivity index (χ0n) is 8.80. The molecule has 0 spiro atoms. The molecule has 2 heteroatoms. The van der Waals surface area contributed by atoms with Gasteiger partial charge in [0.1, 0.15) is 11.6 Å². The van der Waals surface area contributed by atoms with Crippen molar-refractivity contribution >= 4 is 11.6 Å². The zero-order valence-corrected chi connectivity index (χ0v) is 8.80. The molecule has 16 heavy (non-hydrogen) atoms. The van der Waals surface area contributed by atoms with Crippen LogP contribution in [0.3, 0.4) is 0 Å². The van der Waals surface area contributed by atoms with E-state index in [2.05, 4.69) is 0 Å². The van der Waals surface area contributed by atoms with Crippen LogP contribution in [0.25, 0.3) is 0 Å². The molecule has 11 atom stereocenters. The maximum atomic E-state index is 12.3. The Hall–Kier alpha value is -0.660. The SMILES string of the molecule is O=C1C2C3C4C1C1CC56C(=O)C(C3C45)C6C12. The van der Waals surface area contributed by atoms with Gasteiger partial charge < -0.3 is 0 Å². The van der Waals surface area contributed by atoms with E-state index in [1.165, 1.54) is 0 Å². The fraction of sp³-hybridized carbons (Fsp3) is 0.857. The van der Waals surface area contributed by atoms with Crippen molar-refractivity contribution in [3.05, 3.63) is 0 Å². The summed E-state index contributed by atoms with van der Waals surface area (Å²) in [7, 11) is 0. The molecule has 6 aliphatic carbocycles. The van der Waals surface area contributed by atoms with Gasteiger partial charge in [-0.15, -0.1) is 0 Å². The monoisotopic (exact) mass is 212 g/mol. The van der Waals surface area contributed by atoms with E-state index in [0.717, 1.165) is 6.42 Å². The summed E-state index contributed by atoms with van der Waals surface area (Å²) in [6, 6.07) is 0. The van der Waals surface area contributed by atoms with E-state index in [-0.39, 0.29) is 5.41 Å². The lowest BCUT2D eigenvalue weighted by Crippen LogP contribution is -2.56. The molecule has 0 radical (unpaired) electrons. The minimum Gasteiger partial charge on any atom is -0.299 e. The Bertz CT molecular complexity index is 545. The van der Waals surface area contributed by atoms with Crippen LogP contribution in [-0.4, -0.2) is 11.6 Å². The number of ketones is 2. The first-order chi connectivity index (χ1) is 7.78. The van der Waals surface area contributed by atoms with Crippen molar-refractivity contribution in [3.8, 4) is 0 Å². The highest BCUT2D eigenvalue weighted by molar-refractivity contribution is 6.04.